The fraction of sp³-hybridized carbons (Fsp3) is 0.600. The summed E-state index contributed by atoms with van der Waals surface area (Å²) >= 11 is 10.7. The van der Waals surface area contributed by atoms with Gasteiger partial charge in [0.1, 0.15) is 16.2 Å². The first-order chi connectivity index (χ1) is 4.89. The Bertz CT molecular complexity index is 203. The molecule has 1 rings (SSSR count). The van der Waals surface area contributed by atoms with E-state index < -0.39 is 28.1 Å². The van der Waals surface area contributed by atoms with Crippen molar-refractivity contribution in [2.45, 2.75) is 4.33 Å². The highest BCUT2D eigenvalue weighted by atomic mass is 35.5. The molecule has 11 heavy (non-hydrogen) atoms. The van der Waals surface area contributed by atoms with Gasteiger partial charge in [0.2, 0.25) is 0 Å². The van der Waals surface area contributed by atoms with Gasteiger partial charge in [-0.25, -0.2) is 0 Å². The molecule has 0 saturated heterocycles. The SMILES string of the molecule is O=C(O)[C@@H]1[C@@H](C(=O)O)C1(Cl)Cl. The summed E-state index contributed by atoms with van der Waals surface area (Å²) in [6, 6.07) is 0. The number of aliphatic carboxylic acids is 2. The van der Waals surface area contributed by atoms with Crippen molar-refractivity contribution in [2.24, 2.45) is 11.8 Å². The second kappa shape index (κ2) is 2.25. The number of rotatable bonds is 2. The standard InChI is InChI=1S/C5H4Cl2O4/c6-5(7)1(3(8)9)2(5)4(10)11/h1-2H,(H,8,9)(H,10,11)/t1-,2-/m0/s1. The Morgan fingerprint density at radius 2 is 1.36 bits per heavy atom. The van der Waals surface area contributed by atoms with Crippen LogP contribution in [0, 0.1) is 11.8 Å². The number of halogens is 2. The lowest BCUT2D eigenvalue weighted by molar-refractivity contribution is -0.144. The molecule has 0 unspecified atom stereocenters. The third-order valence-electron chi connectivity index (χ3n) is 1.59. The van der Waals surface area contributed by atoms with Crippen molar-refractivity contribution in [2.75, 3.05) is 0 Å². The van der Waals surface area contributed by atoms with Gasteiger partial charge in [0.25, 0.3) is 0 Å². The van der Waals surface area contributed by atoms with E-state index in [1.807, 2.05) is 0 Å². The predicted molar refractivity (Wildman–Crippen MR) is 36.7 cm³/mol. The summed E-state index contributed by atoms with van der Waals surface area (Å²) in [6.07, 6.45) is 0. The Labute approximate surface area is 71.7 Å². The molecule has 6 heteroatoms. The fourth-order valence-electron chi connectivity index (χ4n) is 0.941. The fourth-order valence-corrected chi connectivity index (χ4v) is 1.69. The Morgan fingerprint density at radius 1 is 1.09 bits per heavy atom. The third-order valence-corrected chi connectivity index (χ3v) is 2.53. The van der Waals surface area contributed by atoms with Crippen LogP contribution in [0.4, 0.5) is 0 Å². The second-order valence-electron chi connectivity index (χ2n) is 2.31. The molecular formula is C5H4Cl2O4. The maximum Gasteiger partial charge on any atom is 0.310 e. The summed E-state index contributed by atoms with van der Waals surface area (Å²) in [5, 5.41) is 16.8. The van der Waals surface area contributed by atoms with Crippen molar-refractivity contribution >= 4 is 35.1 Å². The van der Waals surface area contributed by atoms with Gasteiger partial charge in [0, 0.05) is 0 Å². The first kappa shape index (κ1) is 8.62. The Morgan fingerprint density at radius 3 is 1.45 bits per heavy atom. The lowest BCUT2D eigenvalue weighted by Gasteiger charge is -1.89. The van der Waals surface area contributed by atoms with Crippen LogP contribution in [0.3, 0.4) is 0 Å². The largest absolute Gasteiger partial charge is 0.481 e. The van der Waals surface area contributed by atoms with Crippen molar-refractivity contribution in [1.29, 1.82) is 0 Å². The molecule has 4 nitrogen and oxygen atoms in total. The summed E-state index contributed by atoms with van der Waals surface area (Å²) in [5.41, 5.74) is 0. The number of carboxylic acids is 2. The highest BCUT2D eigenvalue weighted by Crippen LogP contribution is 2.59. The van der Waals surface area contributed by atoms with Crippen molar-refractivity contribution in [3.63, 3.8) is 0 Å². The van der Waals surface area contributed by atoms with E-state index in [1.54, 1.807) is 0 Å². The molecule has 1 saturated carbocycles. The molecule has 0 bridgehead atoms. The lowest BCUT2D eigenvalue weighted by Crippen LogP contribution is -2.05. The van der Waals surface area contributed by atoms with E-state index in [0.29, 0.717) is 0 Å². The zero-order chi connectivity index (χ0) is 8.81. The minimum atomic E-state index is -1.63. The third kappa shape index (κ3) is 1.16. The zero-order valence-electron chi connectivity index (χ0n) is 5.12. The lowest BCUT2D eigenvalue weighted by atomic mass is 10.3. The number of carbonyl (C=O) groups is 2. The van der Waals surface area contributed by atoms with Crippen molar-refractivity contribution in [1.82, 2.24) is 0 Å². The van der Waals surface area contributed by atoms with E-state index in [-0.39, 0.29) is 0 Å². The van der Waals surface area contributed by atoms with Crippen LogP contribution in [-0.2, 0) is 9.59 Å². The van der Waals surface area contributed by atoms with E-state index in [9.17, 15) is 9.59 Å². The van der Waals surface area contributed by atoms with Gasteiger partial charge >= 0.3 is 11.9 Å². The maximum atomic E-state index is 10.3. The molecular weight excluding hydrogens is 195 g/mol. The molecule has 1 aliphatic carbocycles. The first-order valence-electron chi connectivity index (χ1n) is 2.72. The van der Waals surface area contributed by atoms with Crippen LogP contribution in [-0.4, -0.2) is 26.5 Å². The number of alkyl halides is 2. The van der Waals surface area contributed by atoms with E-state index in [1.165, 1.54) is 0 Å². The van der Waals surface area contributed by atoms with E-state index >= 15 is 0 Å². The summed E-state index contributed by atoms with van der Waals surface area (Å²) in [6.45, 7) is 0. The van der Waals surface area contributed by atoms with Gasteiger partial charge in [-0.05, 0) is 0 Å². The molecule has 2 atom stereocenters. The Balaban J connectivity index is 2.76. The predicted octanol–water partition coefficient (Wildman–Crippen LogP) is 0.576. The number of carboxylic acid groups (broad SMARTS) is 2. The minimum absolute atomic E-state index is 1.18. The van der Waals surface area contributed by atoms with Gasteiger partial charge in [-0.1, -0.05) is 23.2 Å². The summed E-state index contributed by atoms with van der Waals surface area (Å²) in [4.78, 5) is 20.5. The molecule has 62 valence electrons. The second-order valence-corrected chi connectivity index (χ2v) is 3.75. The molecule has 0 aromatic heterocycles. The summed E-state index contributed by atoms with van der Waals surface area (Å²) in [5.74, 6) is -4.91. The van der Waals surface area contributed by atoms with Gasteiger partial charge in [0.05, 0.1) is 0 Å². The van der Waals surface area contributed by atoms with Crippen molar-refractivity contribution in [3.8, 4) is 0 Å². The van der Waals surface area contributed by atoms with E-state index in [4.69, 9.17) is 33.4 Å². The Hall–Kier alpha value is -0.480. The maximum absolute atomic E-state index is 10.3. The molecule has 2 N–H and O–H groups in total. The average Bonchev–Trinajstić information content (AvgIpc) is 2.33. The molecule has 0 spiro atoms. The molecule has 0 radical (unpaired) electrons. The van der Waals surface area contributed by atoms with Gasteiger partial charge in [-0.3, -0.25) is 9.59 Å². The highest BCUT2D eigenvalue weighted by Gasteiger charge is 2.71. The highest BCUT2D eigenvalue weighted by molar-refractivity contribution is 6.54. The normalized spacial score (nSPS) is 32.9. The molecule has 1 fully saturated rings. The van der Waals surface area contributed by atoms with Crippen LogP contribution in [0.25, 0.3) is 0 Å². The Kier molecular flexibility index (Phi) is 1.76. The molecule has 0 heterocycles. The van der Waals surface area contributed by atoms with E-state index in [0.717, 1.165) is 0 Å². The van der Waals surface area contributed by atoms with Crippen LogP contribution in [0.2, 0.25) is 0 Å². The summed E-state index contributed by atoms with van der Waals surface area (Å²) in [7, 11) is 0. The molecule has 0 aliphatic heterocycles. The molecule has 0 aromatic carbocycles. The zero-order valence-corrected chi connectivity index (χ0v) is 6.63. The van der Waals surface area contributed by atoms with Crippen LogP contribution in [0.5, 0.6) is 0 Å². The van der Waals surface area contributed by atoms with Crippen LogP contribution in [0.1, 0.15) is 0 Å². The monoisotopic (exact) mass is 198 g/mol. The van der Waals surface area contributed by atoms with Gasteiger partial charge in [0.15, 0.2) is 0 Å². The topological polar surface area (TPSA) is 74.6 Å². The summed E-state index contributed by atoms with van der Waals surface area (Å²) < 4.78 is -1.63. The quantitative estimate of drug-likeness (QED) is 0.637. The smallest absolute Gasteiger partial charge is 0.310 e. The molecule has 1 aliphatic rings. The number of hydrogen-bond donors (Lipinski definition) is 2. The van der Waals surface area contributed by atoms with Crippen LogP contribution in [0.15, 0.2) is 0 Å². The van der Waals surface area contributed by atoms with Crippen LogP contribution < -0.4 is 0 Å². The molecule has 0 aromatic rings. The van der Waals surface area contributed by atoms with Crippen LogP contribution >= 0.6 is 23.2 Å². The van der Waals surface area contributed by atoms with Crippen molar-refractivity contribution in [3.05, 3.63) is 0 Å². The van der Waals surface area contributed by atoms with Gasteiger partial charge in [-0.15, -0.1) is 0 Å². The minimum Gasteiger partial charge on any atom is -0.481 e. The van der Waals surface area contributed by atoms with Crippen molar-refractivity contribution < 1.29 is 19.8 Å². The van der Waals surface area contributed by atoms with E-state index in [2.05, 4.69) is 0 Å². The average molecular weight is 199 g/mol. The number of hydrogen-bond acceptors (Lipinski definition) is 2. The van der Waals surface area contributed by atoms with Gasteiger partial charge < -0.3 is 10.2 Å². The first-order valence-corrected chi connectivity index (χ1v) is 3.48. The van der Waals surface area contributed by atoms with Gasteiger partial charge in [-0.2, -0.15) is 0 Å². The molecule has 0 amide bonds.